The second-order valence-corrected chi connectivity index (χ2v) is 7.86. The molecule has 0 saturated heterocycles. The molecule has 1 N–H and O–H groups in total. The third kappa shape index (κ3) is 4.29. The van der Waals surface area contributed by atoms with Gasteiger partial charge in [0.2, 0.25) is 0 Å². The lowest BCUT2D eigenvalue weighted by Gasteiger charge is -2.21. The number of hydrogen-bond donors (Lipinski definition) is 1. The first-order valence-corrected chi connectivity index (χ1v) is 10.2. The van der Waals surface area contributed by atoms with Crippen molar-refractivity contribution in [2.45, 2.75) is 40.0 Å². The van der Waals surface area contributed by atoms with E-state index in [1.807, 2.05) is 36.4 Å². The normalized spacial score (nSPS) is 14.9. The summed E-state index contributed by atoms with van der Waals surface area (Å²) in [5.74, 6) is 1.16. The SMILES string of the molecule is C.CC1Cc2c(c3ccc(-n4ccc(OCc5ccccc5)cc4=O)nc3n2C)CN1.Cl. The van der Waals surface area contributed by atoms with Crippen molar-refractivity contribution >= 4 is 23.4 Å². The molecule has 0 spiro atoms. The zero-order valence-corrected chi connectivity index (χ0v) is 18.4. The number of aromatic nitrogens is 3. The molecule has 0 aliphatic carbocycles. The zero-order valence-electron chi connectivity index (χ0n) is 17.5. The number of ether oxygens (including phenoxy) is 1. The van der Waals surface area contributed by atoms with Gasteiger partial charge in [-0.15, -0.1) is 12.4 Å². The smallest absolute Gasteiger partial charge is 0.259 e. The van der Waals surface area contributed by atoms with Crippen LogP contribution in [0.15, 0.2) is 65.6 Å². The summed E-state index contributed by atoms with van der Waals surface area (Å²) in [6.45, 7) is 3.47. The molecule has 1 atom stereocenters. The van der Waals surface area contributed by atoms with E-state index in [0.29, 0.717) is 24.2 Å². The molecule has 0 radical (unpaired) electrons. The first-order valence-electron chi connectivity index (χ1n) is 10.2. The number of pyridine rings is 2. The van der Waals surface area contributed by atoms with Gasteiger partial charge >= 0.3 is 0 Å². The van der Waals surface area contributed by atoms with Crippen molar-refractivity contribution in [3.63, 3.8) is 0 Å². The molecule has 5 rings (SSSR count). The maximum Gasteiger partial charge on any atom is 0.259 e. The van der Waals surface area contributed by atoms with Gasteiger partial charge < -0.3 is 14.6 Å². The summed E-state index contributed by atoms with van der Waals surface area (Å²) in [5.41, 5.74) is 4.43. The van der Waals surface area contributed by atoms with E-state index in [2.05, 4.69) is 29.9 Å². The van der Waals surface area contributed by atoms with E-state index >= 15 is 0 Å². The van der Waals surface area contributed by atoms with Crippen molar-refractivity contribution in [3.8, 4) is 11.6 Å². The number of fused-ring (bicyclic) bond motifs is 3. The number of nitrogens with one attached hydrogen (secondary N) is 1. The lowest BCUT2D eigenvalue weighted by molar-refractivity contribution is 0.305. The Balaban J connectivity index is 0.00000144. The van der Waals surface area contributed by atoms with Crippen LogP contribution in [0.4, 0.5) is 0 Å². The van der Waals surface area contributed by atoms with Crippen LogP contribution in [0.1, 0.15) is 31.2 Å². The molecule has 32 heavy (non-hydrogen) atoms. The average Bonchev–Trinajstić information content (AvgIpc) is 3.04. The number of halogens is 1. The second kappa shape index (κ2) is 9.59. The van der Waals surface area contributed by atoms with E-state index in [1.165, 1.54) is 17.3 Å². The average molecular weight is 453 g/mol. The van der Waals surface area contributed by atoms with Crippen LogP contribution in [-0.4, -0.2) is 20.2 Å². The van der Waals surface area contributed by atoms with Crippen LogP contribution in [0.2, 0.25) is 0 Å². The second-order valence-electron chi connectivity index (χ2n) is 7.86. The largest absolute Gasteiger partial charge is 0.489 e. The van der Waals surface area contributed by atoms with Crippen LogP contribution in [0.5, 0.6) is 5.75 Å². The van der Waals surface area contributed by atoms with Gasteiger partial charge in [0, 0.05) is 49.4 Å². The molecule has 0 bridgehead atoms. The Kier molecular flexibility index (Phi) is 7.06. The predicted molar refractivity (Wildman–Crippen MR) is 131 cm³/mol. The number of aryl methyl sites for hydroxylation is 1. The highest BCUT2D eigenvalue weighted by atomic mass is 35.5. The molecule has 4 aromatic rings. The zero-order chi connectivity index (χ0) is 20.7. The fraction of sp³-hybridized carbons (Fsp3) is 0.280. The summed E-state index contributed by atoms with van der Waals surface area (Å²) in [6.07, 6.45) is 2.70. The van der Waals surface area contributed by atoms with E-state index in [4.69, 9.17) is 9.72 Å². The van der Waals surface area contributed by atoms with Gasteiger partial charge in [-0.2, -0.15) is 0 Å². The van der Waals surface area contributed by atoms with Crippen molar-refractivity contribution in [2.24, 2.45) is 7.05 Å². The summed E-state index contributed by atoms with van der Waals surface area (Å²) in [6, 6.07) is 17.6. The third-order valence-corrected chi connectivity index (χ3v) is 5.77. The minimum atomic E-state index is -0.165. The molecule has 168 valence electrons. The van der Waals surface area contributed by atoms with E-state index < -0.39 is 0 Å². The monoisotopic (exact) mass is 452 g/mol. The molecule has 1 aliphatic rings. The maximum atomic E-state index is 12.7. The van der Waals surface area contributed by atoms with Gasteiger partial charge in [0.15, 0.2) is 0 Å². The molecule has 6 nitrogen and oxygen atoms in total. The fourth-order valence-corrected chi connectivity index (χ4v) is 4.13. The summed E-state index contributed by atoms with van der Waals surface area (Å²) in [7, 11) is 2.05. The van der Waals surface area contributed by atoms with Crippen LogP contribution in [0.25, 0.3) is 16.9 Å². The number of nitrogens with zero attached hydrogens (tertiary/aromatic N) is 3. The van der Waals surface area contributed by atoms with Gasteiger partial charge in [0.05, 0.1) is 0 Å². The van der Waals surface area contributed by atoms with Gasteiger partial charge in [-0.05, 0) is 36.2 Å². The minimum absolute atomic E-state index is 0. The van der Waals surface area contributed by atoms with Crippen molar-refractivity contribution in [2.75, 3.05) is 0 Å². The number of rotatable bonds is 4. The fourth-order valence-electron chi connectivity index (χ4n) is 4.13. The summed E-state index contributed by atoms with van der Waals surface area (Å²) < 4.78 is 9.49. The Morgan fingerprint density at radius 2 is 1.94 bits per heavy atom. The molecule has 0 saturated carbocycles. The van der Waals surface area contributed by atoms with Crippen LogP contribution in [0, 0.1) is 0 Å². The van der Waals surface area contributed by atoms with E-state index in [9.17, 15) is 4.79 Å². The summed E-state index contributed by atoms with van der Waals surface area (Å²) in [4.78, 5) is 17.6. The van der Waals surface area contributed by atoms with E-state index in [0.717, 1.165) is 29.6 Å². The number of hydrogen-bond acceptors (Lipinski definition) is 4. The highest BCUT2D eigenvalue weighted by Gasteiger charge is 2.22. The van der Waals surface area contributed by atoms with Crippen molar-refractivity contribution in [1.82, 2.24) is 19.4 Å². The highest BCUT2D eigenvalue weighted by molar-refractivity contribution is 5.85. The van der Waals surface area contributed by atoms with Gasteiger partial charge in [0.25, 0.3) is 5.56 Å². The lowest BCUT2D eigenvalue weighted by Crippen LogP contribution is -2.33. The topological polar surface area (TPSA) is 61.1 Å². The predicted octanol–water partition coefficient (Wildman–Crippen LogP) is 4.40. The molecule has 0 fully saturated rings. The van der Waals surface area contributed by atoms with Crippen molar-refractivity contribution in [1.29, 1.82) is 0 Å². The van der Waals surface area contributed by atoms with Gasteiger partial charge in [0.1, 0.15) is 23.8 Å². The quantitative estimate of drug-likeness (QED) is 0.498. The van der Waals surface area contributed by atoms with Crippen LogP contribution in [-0.2, 0) is 26.6 Å². The summed E-state index contributed by atoms with van der Waals surface area (Å²) in [5, 5.41) is 4.66. The molecule has 7 heteroatoms. The Morgan fingerprint density at radius 1 is 1.16 bits per heavy atom. The Hall–Kier alpha value is -3.09. The molecule has 1 unspecified atom stereocenters. The number of benzene rings is 1. The third-order valence-electron chi connectivity index (χ3n) is 5.77. The van der Waals surface area contributed by atoms with E-state index in [-0.39, 0.29) is 25.4 Å². The Labute approximate surface area is 194 Å². The molecule has 4 heterocycles. The Bertz CT molecular complexity index is 1280. The molecular formula is C25H29ClN4O2. The van der Waals surface area contributed by atoms with E-state index in [1.54, 1.807) is 16.8 Å². The standard InChI is InChI=1S/C24H24N4O2.CH4.ClH/c1-16-12-21-20(14-25-16)19-8-9-22(26-24(19)27(21)2)28-11-10-18(13-23(28)29)30-15-17-6-4-3-5-7-17;;/h3-11,13,16,25H,12,14-15H2,1-2H3;1H4;1H. The molecule has 1 aliphatic heterocycles. The first-order chi connectivity index (χ1) is 14.6. The maximum absolute atomic E-state index is 12.7. The Morgan fingerprint density at radius 3 is 2.69 bits per heavy atom. The summed E-state index contributed by atoms with van der Waals surface area (Å²) >= 11 is 0. The molecular weight excluding hydrogens is 424 g/mol. The van der Waals surface area contributed by atoms with Gasteiger partial charge in [-0.25, -0.2) is 4.98 Å². The van der Waals surface area contributed by atoms with Crippen LogP contribution >= 0.6 is 12.4 Å². The van der Waals surface area contributed by atoms with Crippen molar-refractivity contribution in [3.05, 3.63) is 88.0 Å². The van der Waals surface area contributed by atoms with Crippen molar-refractivity contribution < 1.29 is 4.74 Å². The minimum Gasteiger partial charge on any atom is -0.489 e. The lowest BCUT2D eigenvalue weighted by atomic mass is 10.0. The highest BCUT2D eigenvalue weighted by Crippen LogP contribution is 2.28. The van der Waals surface area contributed by atoms with Gasteiger partial charge in [-0.3, -0.25) is 9.36 Å². The first kappa shape index (κ1) is 23.6. The molecule has 1 aromatic carbocycles. The van der Waals surface area contributed by atoms with Crippen LogP contribution in [0.3, 0.4) is 0 Å². The molecule has 0 amide bonds. The molecule has 3 aromatic heterocycles. The van der Waals surface area contributed by atoms with Gasteiger partial charge in [-0.1, -0.05) is 37.8 Å². The van der Waals surface area contributed by atoms with Crippen LogP contribution < -0.4 is 15.6 Å².